The van der Waals surface area contributed by atoms with E-state index in [0.29, 0.717) is 0 Å². The average molecular weight is 228 g/mol. The first-order valence-electron chi connectivity index (χ1n) is 4.20. The van der Waals surface area contributed by atoms with Crippen molar-refractivity contribution in [2.45, 2.75) is 13.1 Å². The van der Waals surface area contributed by atoms with E-state index >= 15 is 0 Å². The molecule has 1 aromatic heterocycles. The molecule has 0 aliphatic heterocycles. The Labute approximate surface area is 90.9 Å². The molecule has 0 unspecified atom stereocenters. The van der Waals surface area contributed by atoms with Crippen molar-refractivity contribution < 1.29 is 0 Å². The Morgan fingerprint density at radius 1 is 1.20 bits per heavy atom. The van der Waals surface area contributed by atoms with E-state index in [9.17, 15) is 9.59 Å². The minimum absolute atomic E-state index is 0.110. The topological polar surface area (TPSA) is 56.9 Å². The SMILES string of the molecule is C=CCn1c(Cl)nc(=O)n(CC=C)c1=O. The second-order valence-corrected chi connectivity index (χ2v) is 3.08. The van der Waals surface area contributed by atoms with Crippen LogP contribution in [0, 0.1) is 0 Å². The van der Waals surface area contributed by atoms with Gasteiger partial charge in [-0.3, -0.25) is 4.57 Å². The van der Waals surface area contributed by atoms with Gasteiger partial charge in [0.05, 0.1) is 6.54 Å². The summed E-state index contributed by atoms with van der Waals surface area (Å²) in [4.78, 5) is 26.5. The van der Waals surface area contributed by atoms with Gasteiger partial charge in [-0.15, -0.1) is 13.2 Å². The van der Waals surface area contributed by atoms with Gasteiger partial charge < -0.3 is 0 Å². The Hall–Kier alpha value is -1.62. The van der Waals surface area contributed by atoms with E-state index in [2.05, 4.69) is 18.1 Å². The van der Waals surface area contributed by atoms with Gasteiger partial charge in [-0.05, 0) is 11.6 Å². The number of allylic oxidation sites excluding steroid dienone is 2. The Morgan fingerprint density at radius 2 is 1.73 bits per heavy atom. The first-order chi connectivity index (χ1) is 7.11. The highest BCUT2D eigenvalue weighted by atomic mass is 35.5. The summed E-state index contributed by atoms with van der Waals surface area (Å²) >= 11 is 5.65. The molecule has 1 aromatic rings. The maximum atomic E-state index is 11.7. The van der Waals surface area contributed by atoms with Gasteiger partial charge in [-0.1, -0.05) is 12.2 Å². The molecular formula is C9H10ClN3O2. The lowest BCUT2D eigenvalue weighted by atomic mass is 10.6. The van der Waals surface area contributed by atoms with Gasteiger partial charge in [0.2, 0.25) is 5.28 Å². The Bertz CT molecular complexity index is 501. The summed E-state index contributed by atoms with van der Waals surface area (Å²) in [7, 11) is 0. The molecule has 0 aliphatic carbocycles. The molecule has 0 N–H and O–H groups in total. The molecule has 0 spiro atoms. The number of aromatic nitrogens is 3. The first kappa shape index (κ1) is 11.5. The van der Waals surface area contributed by atoms with Crippen LogP contribution < -0.4 is 11.4 Å². The van der Waals surface area contributed by atoms with Crippen LogP contribution >= 0.6 is 11.6 Å². The van der Waals surface area contributed by atoms with Crippen LogP contribution in [0.4, 0.5) is 0 Å². The Kier molecular flexibility index (Phi) is 3.62. The van der Waals surface area contributed by atoms with Gasteiger partial charge in [-0.25, -0.2) is 14.2 Å². The Balaban J connectivity index is 3.48. The molecule has 0 radical (unpaired) electrons. The van der Waals surface area contributed by atoms with Crippen molar-refractivity contribution in [3.05, 3.63) is 51.6 Å². The quantitative estimate of drug-likeness (QED) is 0.701. The molecule has 0 bridgehead atoms. The zero-order valence-electron chi connectivity index (χ0n) is 8.02. The molecule has 0 aliphatic rings. The van der Waals surface area contributed by atoms with Crippen LogP contribution in [-0.4, -0.2) is 14.1 Å². The predicted molar refractivity (Wildman–Crippen MR) is 58.2 cm³/mol. The number of halogens is 1. The normalized spacial score (nSPS) is 9.93. The zero-order chi connectivity index (χ0) is 11.4. The summed E-state index contributed by atoms with van der Waals surface area (Å²) in [5, 5.41) is -0.134. The molecule has 6 heteroatoms. The summed E-state index contributed by atoms with van der Waals surface area (Å²) < 4.78 is 2.10. The molecule has 80 valence electrons. The molecule has 0 saturated heterocycles. The molecule has 0 amide bonds. The van der Waals surface area contributed by atoms with E-state index in [1.54, 1.807) is 0 Å². The van der Waals surface area contributed by atoms with E-state index in [1.165, 1.54) is 12.2 Å². The highest BCUT2D eigenvalue weighted by Crippen LogP contribution is 1.97. The highest BCUT2D eigenvalue weighted by molar-refractivity contribution is 6.28. The maximum absolute atomic E-state index is 11.7. The summed E-state index contributed by atoms with van der Waals surface area (Å²) in [5.74, 6) is 0. The van der Waals surface area contributed by atoms with Crippen molar-refractivity contribution in [3.63, 3.8) is 0 Å². The van der Waals surface area contributed by atoms with Crippen LogP contribution in [0.15, 0.2) is 34.9 Å². The van der Waals surface area contributed by atoms with Crippen molar-refractivity contribution in [3.8, 4) is 0 Å². The van der Waals surface area contributed by atoms with Gasteiger partial charge in [0.15, 0.2) is 0 Å². The van der Waals surface area contributed by atoms with Crippen LogP contribution in [0.25, 0.3) is 0 Å². The van der Waals surface area contributed by atoms with Gasteiger partial charge in [0.25, 0.3) is 0 Å². The fraction of sp³-hybridized carbons (Fsp3) is 0.222. The van der Waals surface area contributed by atoms with Crippen LogP contribution in [0.3, 0.4) is 0 Å². The summed E-state index contributed by atoms with van der Waals surface area (Å²) in [5.41, 5.74) is -1.19. The molecule has 1 rings (SSSR count). The number of nitrogens with zero attached hydrogens (tertiary/aromatic N) is 3. The maximum Gasteiger partial charge on any atom is 0.354 e. The van der Waals surface area contributed by atoms with Crippen LogP contribution in [0.5, 0.6) is 0 Å². The predicted octanol–water partition coefficient (Wildman–Crippen LogP) is 0.430. The second-order valence-electron chi connectivity index (χ2n) is 2.74. The lowest BCUT2D eigenvalue weighted by molar-refractivity contribution is 0.593. The van der Waals surface area contributed by atoms with Gasteiger partial charge in [0.1, 0.15) is 0 Å². The molecular weight excluding hydrogens is 218 g/mol. The third-order valence-electron chi connectivity index (χ3n) is 1.73. The monoisotopic (exact) mass is 227 g/mol. The fourth-order valence-corrected chi connectivity index (χ4v) is 1.29. The lowest BCUT2D eigenvalue weighted by Crippen LogP contribution is -2.41. The second kappa shape index (κ2) is 4.75. The number of rotatable bonds is 4. The van der Waals surface area contributed by atoms with Crippen molar-refractivity contribution in [1.82, 2.24) is 14.1 Å². The third kappa shape index (κ3) is 2.24. The first-order valence-corrected chi connectivity index (χ1v) is 4.58. The fourth-order valence-electron chi connectivity index (χ4n) is 1.07. The van der Waals surface area contributed by atoms with E-state index in [-0.39, 0.29) is 18.4 Å². The van der Waals surface area contributed by atoms with Crippen molar-refractivity contribution in [2.75, 3.05) is 0 Å². The van der Waals surface area contributed by atoms with Crippen LogP contribution in [0.2, 0.25) is 5.28 Å². The molecule has 0 fully saturated rings. The molecule has 15 heavy (non-hydrogen) atoms. The van der Waals surface area contributed by atoms with Gasteiger partial charge in [-0.2, -0.15) is 4.98 Å². The summed E-state index contributed by atoms with van der Waals surface area (Å²) in [6.45, 7) is 7.25. The number of hydrogen-bond acceptors (Lipinski definition) is 3. The van der Waals surface area contributed by atoms with Crippen molar-refractivity contribution in [1.29, 1.82) is 0 Å². The van der Waals surface area contributed by atoms with Crippen LogP contribution in [-0.2, 0) is 13.1 Å². The standard InChI is InChI=1S/C9H10ClN3O2/c1-3-5-12-7(10)11-8(14)13(6-4-2)9(12)15/h3-4H,1-2,5-6H2. The number of hydrogen-bond donors (Lipinski definition) is 0. The largest absolute Gasteiger partial charge is 0.354 e. The smallest absolute Gasteiger partial charge is 0.264 e. The minimum Gasteiger partial charge on any atom is -0.264 e. The lowest BCUT2D eigenvalue weighted by Gasteiger charge is -2.07. The highest BCUT2D eigenvalue weighted by Gasteiger charge is 2.08. The van der Waals surface area contributed by atoms with Gasteiger partial charge in [0, 0.05) is 6.54 Å². The average Bonchev–Trinajstić information content (AvgIpc) is 2.19. The minimum atomic E-state index is -0.676. The van der Waals surface area contributed by atoms with Crippen LogP contribution in [0.1, 0.15) is 0 Å². The summed E-state index contributed by atoms with van der Waals surface area (Å²) in [6, 6.07) is 0. The molecule has 0 aromatic carbocycles. The molecule has 1 heterocycles. The molecule has 5 nitrogen and oxygen atoms in total. The van der Waals surface area contributed by atoms with E-state index < -0.39 is 11.4 Å². The van der Waals surface area contributed by atoms with Crippen molar-refractivity contribution >= 4 is 11.6 Å². The molecule has 0 saturated carbocycles. The Morgan fingerprint density at radius 3 is 2.27 bits per heavy atom. The van der Waals surface area contributed by atoms with Crippen molar-refractivity contribution in [2.24, 2.45) is 0 Å². The molecule has 0 atom stereocenters. The van der Waals surface area contributed by atoms with E-state index in [4.69, 9.17) is 11.6 Å². The van der Waals surface area contributed by atoms with E-state index in [0.717, 1.165) is 9.13 Å². The van der Waals surface area contributed by atoms with Gasteiger partial charge >= 0.3 is 11.4 Å². The third-order valence-corrected chi connectivity index (χ3v) is 2.02. The summed E-state index contributed by atoms with van der Waals surface area (Å²) in [6.07, 6.45) is 2.94. The zero-order valence-corrected chi connectivity index (χ0v) is 8.78. The van der Waals surface area contributed by atoms with E-state index in [1.807, 2.05) is 0 Å².